The number of unbranched alkanes of at least 4 members (excludes halogenated alkanes) is 15. The second-order valence-electron chi connectivity index (χ2n) is 12.9. The monoisotopic (exact) mass is 609 g/mol. The highest BCUT2D eigenvalue weighted by Gasteiger charge is 2.39. The van der Waals surface area contributed by atoms with E-state index >= 15 is 0 Å². The summed E-state index contributed by atoms with van der Waals surface area (Å²) in [6, 6.07) is 0. The summed E-state index contributed by atoms with van der Waals surface area (Å²) < 4.78 is 0.209. The SMILES string of the molecule is CCCCCCCCCCCCC/C=C/CCCCCC[N+](CC(CC)C(=O)[O-])(CC(CC)C(=O)O)CC(CC)C(=O)O. The summed E-state index contributed by atoms with van der Waals surface area (Å²) in [6.45, 7) is 9.01. The molecule has 0 spiro atoms. The number of hydrogen-bond donors (Lipinski definition) is 2. The van der Waals surface area contributed by atoms with Gasteiger partial charge in [0.1, 0.15) is 11.8 Å². The summed E-state index contributed by atoms with van der Waals surface area (Å²) >= 11 is 0. The molecule has 0 saturated heterocycles. The molecule has 0 heterocycles. The van der Waals surface area contributed by atoms with Crippen LogP contribution in [-0.2, 0) is 14.4 Å². The molecule has 0 saturated carbocycles. The van der Waals surface area contributed by atoms with Crippen LogP contribution in [0.3, 0.4) is 0 Å². The predicted octanol–water partition coefficient (Wildman–Crippen LogP) is 8.01. The highest BCUT2D eigenvalue weighted by molar-refractivity contribution is 5.70. The van der Waals surface area contributed by atoms with Crippen LogP contribution in [0.15, 0.2) is 12.2 Å². The molecular weight excluding hydrogens is 542 g/mol. The lowest BCUT2D eigenvalue weighted by atomic mass is 9.95. The molecule has 0 fully saturated rings. The first-order valence-corrected chi connectivity index (χ1v) is 17.8. The van der Waals surface area contributed by atoms with Crippen molar-refractivity contribution in [2.24, 2.45) is 17.8 Å². The number of carboxylic acids is 3. The van der Waals surface area contributed by atoms with Crippen LogP contribution in [0.1, 0.15) is 156 Å². The summed E-state index contributed by atoms with van der Waals surface area (Å²) in [5, 5.41) is 31.5. The van der Waals surface area contributed by atoms with Gasteiger partial charge in [0.2, 0.25) is 0 Å². The Balaban J connectivity index is 4.68. The van der Waals surface area contributed by atoms with Crippen molar-refractivity contribution in [1.29, 1.82) is 0 Å². The third kappa shape index (κ3) is 20.7. The molecule has 7 heteroatoms. The van der Waals surface area contributed by atoms with Crippen molar-refractivity contribution in [3.8, 4) is 0 Å². The van der Waals surface area contributed by atoms with E-state index in [4.69, 9.17) is 0 Å². The van der Waals surface area contributed by atoms with Crippen LogP contribution >= 0.6 is 0 Å². The lowest BCUT2D eigenvalue weighted by molar-refractivity contribution is -0.935. The van der Waals surface area contributed by atoms with Gasteiger partial charge in [0.05, 0.1) is 32.1 Å². The maximum atomic E-state index is 12.0. The largest absolute Gasteiger partial charge is 0.550 e. The Morgan fingerprint density at radius 1 is 0.558 bits per heavy atom. The molecular formula is C36H67NO6. The Morgan fingerprint density at radius 2 is 0.907 bits per heavy atom. The maximum Gasteiger partial charge on any atom is 0.312 e. The lowest BCUT2D eigenvalue weighted by Gasteiger charge is -2.44. The van der Waals surface area contributed by atoms with Crippen molar-refractivity contribution in [3.05, 3.63) is 12.2 Å². The van der Waals surface area contributed by atoms with E-state index in [1.54, 1.807) is 6.92 Å². The molecule has 0 radical (unpaired) electrons. The average molecular weight is 610 g/mol. The summed E-state index contributed by atoms with van der Waals surface area (Å²) in [4.78, 5) is 35.8. The number of quaternary nitrogens is 1. The second-order valence-corrected chi connectivity index (χ2v) is 12.9. The first-order valence-electron chi connectivity index (χ1n) is 17.8. The van der Waals surface area contributed by atoms with Crippen LogP contribution < -0.4 is 5.11 Å². The van der Waals surface area contributed by atoms with Crippen molar-refractivity contribution in [2.45, 2.75) is 156 Å². The van der Waals surface area contributed by atoms with E-state index < -0.39 is 35.7 Å². The minimum absolute atomic E-state index is 0.209. The summed E-state index contributed by atoms with van der Waals surface area (Å²) in [5.74, 6) is -4.98. The van der Waals surface area contributed by atoms with Crippen LogP contribution in [0, 0.1) is 17.8 Å². The molecule has 7 nitrogen and oxygen atoms in total. The van der Waals surface area contributed by atoms with Gasteiger partial charge in [0.15, 0.2) is 0 Å². The van der Waals surface area contributed by atoms with Gasteiger partial charge in [0.25, 0.3) is 0 Å². The number of hydrogen-bond acceptors (Lipinski definition) is 4. The summed E-state index contributed by atoms with van der Waals surface area (Å²) in [7, 11) is 0. The molecule has 3 unspecified atom stereocenters. The molecule has 3 atom stereocenters. The Hall–Kier alpha value is -1.89. The fraction of sp³-hybridized carbons (Fsp3) is 0.861. The summed E-state index contributed by atoms with van der Waals surface area (Å²) in [6.07, 6.45) is 26.9. The smallest absolute Gasteiger partial charge is 0.312 e. The van der Waals surface area contributed by atoms with Gasteiger partial charge in [-0.25, -0.2) is 0 Å². The van der Waals surface area contributed by atoms with E-state index in [1.165, 1.54) is 70.6 Å². The summed E-state index contributed by atoms with van der Waals surface area (Å²) in [5.41, 5.74) is 0. The highest BCUT2D eigenvalue weighted by Crippen LogP contribution is 2.25. The number of carbonyl (C=O) groups is 3. The zero-order valence-electron chi connectivity index (χ0n) is 28.3. The quantitative estimate of drug-likeness (QED) is 0.0467. The molecule has 43 heavy (non-hydrogen) atoms. The highest BCUT2D eigenvalue weighted by atomic mass is 16.4. The topological polar surface area (TPSA) is 115 Å². The van der Waals surface area contributed by atoms with Crippen molar-refractivity contribution >= 4 is 17.9 Å². The molecule has 0 amide bonds. The van der Waals surface area contributed by atoms with Crippen molar-refractivity contribution < 1.29 is 34.2 Å². The van der Waals surface area contributed by atoms with Crippen molar-refractivity contribution in [1.82, 2.24) is 0 Å². The lowest BCUT2D eigenvalue weighted by Crippen LogP contribution is -2.59. The fourth-order valence-electron chi connectivity index (χ4n) is 6.26. The van der Waals surface area contributed by atoms with Crippen LogP contribution in [0.25, 0.3) is 0 Å². The van der Waals surface area contributed by atoms with Gasteiger partial charge in [-0.05, 0) is 57.8 Å². The molecule has 252 valence electrons. The second kappa shape index (κ2) is 26.5. The number of allylic oxidation sites excluding steroid dienone is 2. The standard InChI is InChI=1S/C36H67NO6/c1-5-9-10-11-12-13-14-15-16-17-18-19-20-21-22-23-24-25-26-27-37(28-31(6-2)34(38)39,29-32(7-3)35(40)41)30-33(8-4)36(42)43/h20-21,31-33H,5-19,22-30H2,1-4H3,(H2-,38,39,40,41,42,43)/b21-20+. The van der Waals surface area contributed by atoms with E-state index in [9.17, 15) is 29.7 Å². The van der Waals surface area contributed by atoms with E-state index in [1.807, 2.05) is 13.8 Å². The fourth-order valence-corrected chi connectivity index (χ4v) is 6.26. The van der Waals surface area contributed by atoms with Gasteiger partial charge in [-0.15, -0.1) is 0 Å². The Kier molecular flexibility index (Phi) is 25.3. The minimum Gasteiger partial charge on any atom is -0.550 e. The number of aliphatic carboxylic acids is 3. The van der Waals surface area contributed by atoms with E-state index in [-0.39, 0.29) is 24.1 Å². The van der Waals surface area contributed by atoms with Gasteiger partial charge in [0, 0.05) is 5.92 Å². The van der Waals surface area contributed by atoms with E-state index in [0.717, 1.165) is 38.5 Å². The Labute approximate surface area is 264 Å². The third-order valence-electron chi connectivity index (χ3n) is 9.23. The molecule has 0 aromatic carbocycles. The molecule has 0 rings (SSSR count). The zero-order valence-corrected chi connectivity index (χ0v) is 28.3. The zero-order chi connectivity index (χ0) is 32.3. The molecule has 0 bridgehead atoms. The molecule has 0 aromatic heterocycles. The number of rotatable bonds is 31. The molecule has 0 aliphatic carbocycles. The Bertz CT molecular complexity index is 692. The van der Waals surface area contributed by atoms with Crippen LogP contribution in [0.2, 0.25) is 0 Å². The van der Waals surface area contributed by atoms with Crippen molar-refractivity contribution in [3.63, 3.8) is 0 Å². The molecule has 2 N–H and O–H groups in total. The van der Waals surface area contributed by atoms with Crippen LogP contribution in [0.4, 0.5) is 0 Å². The minimum atomic E-state index is -1.14. The average Bonchev–Trinajstić information content (AvgIpc) is 2.98. The Morgan fingerprint density at radius 3 is 1.26 bits per heavy atom. The molecule has 0 aliphatic heterocycles. The van der Waals surface area contributed by atoms with Gasteiger partial charge >= 0.3 is 11.9 Å². The van der Waals surface area contributed by atoms with Crippen molar-refractivity contribution in [2.75, 3.05) is 26.2 Å². The van der Waals surface area contributed by atoms with E-state index in [2.05, 4.69) is 19.1 Å². The van der Waals surface area contributed by atoms with Gasteiger partial charge < -0.3 is 24.6 Å². The number of nitrogens with zero attached hydrogens (tertiary/aromatic N) is 1. The number of carboxylic acid groups (broad SMARTS) is 3. The van der Waals surface area contributed by atoms with Crippen LogP contribution in [-0.4, -0.2) is 58.8 Å². The predicted molar refractivity (Wildman–Crippen MR) is 175 cm³/mol. The van der Waals surface area contributed by atoms with E-state index in [0.29, 0.717) is 25.8 Å². The number of carbonyl (C=O) groups excluding carboxylic acids is 1. The normalized spacial score (nSPS) is 15.3. The first-order chi connectivity index (χ1) is 20.7. The van der Waals surface area contributed by atoms with Gasteiger partial charge in [-0.2, -0.15) is 0 Å². The molecule has 0 aromatic rings. The first kappa shape index (κ1) is 41.1. The van der Waals surface area contributed by atoms with Gasteiger partial charge in [-0.3, -0.25) is 9.59 Å². The maximum absolute atomic E-state index is 12.0. The molecule has 0 aliphatic rings. The van der Waals surface area contributed by atoms with Crippen LogP contribution in [0.5, 0.6) is 0 Å². The third-order valence-corrected chi connectivity index (χ3v) is 9.23. The van der Waals surface area contributed by atoms with Gasteiger partial charge in [-0.1, -0.05) is 110 Å².